The van der Waals surface area contributed by atoms with Crippen molar-refractivity contribution in [3.63, 3.8) is 0 Å². The molecular formula is C9H12N2O4S. The molecule has 0 saturated carbocycles. The SMILES string of the molecule is CCOC(=O)CSN=C(C#N)C(=O)OCC. The number of hydrogen-bond donors (Lipinski definition) is 0. The molecule has 88 valence electrons. The van der Waals surface area contributed by atoms with Gasteiger partial charge in [0.2, 0.25) is 5.71 Å². The van der Waals surface area contributed by atoms with E-state index in [0.717, 1.165) is 11.9 Å². The summed E-state index contributed by atoms with van der Waals surface area (Å²) in [6, 6.07) is 1.59. The predicted molar refractivity (Wildman–Crippen MR) is 58.8 cm³/mol. The van der Waals surface area contributed by atoms with Crippen LogP contribution in [0.4, 0.5) is 0 Å². The maximum absolute atomic E-state index is 11.1. The zero-order valence-electron chi connectivity index (χ0n) is 9.06. The number of esters is 2. The second kappa shape index (κ2) is 8.73. The molecule has 0 aromatic heterocycles. The number of carbonyl (C=O) groups excluding carboxylic acids is 2. The fourth-order valence-corrected chi connectivity index (χ4v) is 1.15. The third kappa shape index (κ3) is 6.03. The molecule has 0 spiro atoms. The van der Waals surface area contributed by atoms with Gasteiger partial charge in [-0.05, 0) is 25.8 Å². The molecule has 0 bridgehead atoms. The van der Waals surface area contributed by atoms with Crippen molar-refractivity contribution in [2.45, 2.75) is 13.8 Å². The summed E-state index contributed by atoms with van der Waals surface area (Å²) in [5.74, 6) is -1.28. The highest BCUT2D eigenvalue weighted by atomic mass is 32.2. The fraction of sp³-hybridized carbons (Fsp3) is 0.556. The molecule has 0 heterocycles. The molecule has 0 aliphatic rings. The lowest BCUT2D eigenvalue weighted by Gasteiger charge is -1.99. The van der Waals surface area contributed by atoms with Gasteiger partial charge in [0.05, 0.1) is 13.2 Å². The maximum Gasteiger partial charge on any atom is 0.368 e. The number of nitrogens with zero attached hydrogens (tertiary/aromatic N) is 2. The highest BCUT2D eigenvalue weighted by Gasteiger charge is 2.12. The molecule has 0 aromatic rings. The van der Waals surface area contributed by atoms with Crippen LogP contribution < -0.4 is 0 Å². The molecule has 0 N–H and O–H groups in total. The smallest absolute Gasteiger partial charge is 0.368 e. The monoisotopic (exact) mass is 244 g/mol. The van der Waals surface area contributed by atoms with Crippen molar-refractivity contribution >= 4 is 29.6 Å². The Balaban J connectivity index is 4.14. The molecule has 0 aliphatic heterocycles. The summed E-state index contributed by atoms with van der Waals surface area (Å²) in [5, 5.41) is 8.58. The van der Waals surface area contributed by atoms with Crippen LogP contribution in [0.3, 0.4) is 0 Å². The van der Waals surface area contributed by atoms with Crippen molar-refractivity contribution in [3.8, 4) is 6.07 Å². The topological polar surface area (TPSA) is 88.8 Å². The van der Waals surface area contributed by atoms with E-state index in [2.05, 4.69) is 13.9 Å². The quantitative estimate of drug-likeness (QED) is 0.388. The van der Waals surface area contributed by atoms with Crippen molar-refractivity contribution in [1.29, 1.82) is 5.26 Å². The molecular weight excluding hydrogens is 232 g/mol. The predicted octanol–water partition coefficient (Wildman–Crippen LogP) is 0.725. The van der Waals surface area contributed by atoms with Gasteiger partial charge in [-0.3, -0.25) is 4.79 Å². The molecule has 0 atom stereocenters. The van der Waals surface area contributed by atoms with Crippen LogP contribution in [0.2, 0.25) is 0 Å². The molecule has 0 radical (unpaired) electrons. The number of hydrogen-bond acceptors (Lipinski definition) is 7. The van der Waals surface area contributed by atoms with Gasteiger partial charge in [0.1, 0.15) is 11.8 Å². The van der Waals surface area contributed by atoms with E-state index in [4.69, 9.17) is 5.26 Å². The summed E-state index contributed by atoms with van der Waals surface area (Å²) in [5.41, 5.74) is -0.365. The summed E-state index contributed by atoms with van der Waals surface area (Å²) in [7, 11) is 0. The molecule has 16 heavy (non-hydrogen) atoms. The van der Waals surface area contributed by atoms with Gasteiger partial charge in [0.25, 0.3) is 0 Å². The van der Waals surface area contributed by atoms with E-state index >= 15 is 0 Å². The van der Waals surface area contributed by atoms with Gasteiger partial charge in [-0.1, -0.05) is 0 Å². The molecule has 0 aliphatic carbocycles. The Labute approximate surface area is 97.8 Å². The summed E-state index contributed by atoms with van der Waals surface area (Å²) in [6.45, 7) is 3.76. The van der Waals surface area contributed by atoms with Crippen molar-refractivity contribution in [2.24, 2.45) is 4.40 Å². The zero-order chi connectivity index (χ0) is 12.4. The Kier molecular flexibility index (Phi) is 7.89. The highest BCUT2D eigenvalue weighted by Crippen LogP contribution is 2.04. The van der Waals surface area contributed by atoms with E-state index in [-0.39, 0.29) is 24.7 Å². The van der Waals surface area contributed by atoms with Gasteiger partial charge in [-0.25, -0.2) is 4.79 Å². The maximum atomic E-state index is 11.1. The highest BCUT2D eigenvalue weighted by molar-refractivity contribution is 7.98. The minimum atomic E-state index is -0.790. The molecule has 0 aromatic carbocycles. The summed E-state index contributed by atoms with van der Waals surface area (Å²) in [4.78, 5) is 22.0. The van der Waals surface area contributed by atoms with Crippen LogP contribution in [0.5, 0.6) is 0 Å². The van der Waals surface area contributed by atoms with E-state index in [1.165, 1.54) is 0 Å². The van der Waals surface area contributed by atoms with E-state index in [1.807, 2.05) is 0 Å². The third-order valence-corrected chi connectivity index (χ3v) is 1.89. The Hall–Kier alpha value is -1.55. The van der Waals surface area contributed by atoms with Crippen LogP contribution in [0.15, 0.2) is 4.40 Å². The van der Waals surface area contributed by atoms with E-state index < -0.39 is 11.9 Å². The number of ether oxygens (including phenoxy) is 2. The fourth-order valence-electron chi connectivity index (χ4n) is 0.655. The average molecular weight is 244 g/mol. The van der Waals surface area contributed by atoms with Crippen LogP contribution in [-0.4, -0.2) is 36.6 Å². The van der Waals surface area contributed by atoms with Gasteiger partial charge < -0.3 is 9.47 Å². The number of nitriles is 1. The number of carbonyl (C=O) groups is 2. The average Bonchev–Trinajstić information content (AvgIpc) is 2.25. The standard InChI is InChI=1S/C9H12N2O4S/c1-3-14-8(12)6-16-11-7(5-10)9(13)15-4-2/h3-4,6H2,1-2H3. The van der Waals surface area contributed by atoms with Gasteiger partial charge in [0, 0.05) is 0 Å². The molecule has 0 saturated heterocycles. The van der Waals surface area contributed by atoms with Crippen molar-refractivity contribution in [1.82, 2.24) is 0 Å². The lowest BCUT2D eigenvalue weighted by atomic mass is 10.4. The Morgan fingerprint density at radius 1 is 1.31 bits per heavy atom. The first-order valence-corrected chi connectivity index (χ1v) is 5.52. The normalized spacial score (nSPS) is 10.4. The van der Waals surface area contributed by atoms with Gasteiger partial charge in [-0.2, -0.15) is 9.66 Å². The first-order chi connectivity index (χ1) is 7.65. The first-order valence-electron chi connectivity index (χ1n) is 4.58. The summed E-state index contributed by atoms with van der Waals surface area (Å²) >= 11 is 0.778. The van der Waals surface area contributed by atoms with Gasteiger partial charge in [-0.15, -0.1) is 0 Å². The van der Waals surface area contributed by atoms with Crippen LogP contribution >= 0.6 is 11.9 Å². The molecule has 0 fully saturated rings. The van der Waals surface area contributed by atoms with Crippen molar-refractivity contribution in [3.05, 3.63) is 0 Å². The largest absolute Gasteiger partial charge is 0.465 e. The third-order valence-electron chi connectivity index (χ3n) is 1.22. The minimum Gasteiger partial charge on any atom is -0.465 e. The van der Waals surface area contributed by atoms with Gasteiger partial charge in [0.15, 0.2) is 0 Å². The minimum absolute atomic E-state index is 0.0432. The van der Waals surface area contributed by atoms with Crippen LogP contribution in [0.25, 0.3) is 0 Å². The molecule has 0 amide bonds. The van der Waals surface area contributed by atoms with Crippen LogP contribution in [0, 0.1) is 11.3 Å². The Bertz CT molecular complexity index is 322. The molecule has 7 heteroatoms. The molecule has 6 nitrogen and oxygen atoms in total. The lowest BCUT2D eigenvalue weighted by molar-refractivity contribution is -0.140. The second-order valence-electron chi connectivity index (χ2n) is 2.35. The number of rotatable bonds is 6. The van der Waals surface area contributed by atoms with Crippen LogP contribution in [0.1, 0.15) is 13.8 Å². The molecule has 0 rings (SSSR count). The second-order valence-corrected chi connectivity index (χ2v) is 3.08. The van der Waals surface area contributed by atoms with Crippen LogP contribution in [-0.2, 0) is 19.1 Å². The summed E-state index contributed by atoms with van der Waals surface area (Å²) < 4.78 is 12.8. The van der Waals surface area contributed by atoms with E-state index in [0.29, 0.717) is 0 Å². The zero-order valence-corrected chi connectivity index (χ0v) is 9.87. The first kappa shape index (κ1) is 14.5. The lowest BCUT2D eigenvalue weighted by Crippen LogP contribution is -2.15. The Morgan fingerprint density at radius 3 is 2.44 bits per heavy atom. The van der Waals surface area contributed by atoms with E-state index in [9.17, 15) is 9.59 Å². The van der Waals surface area contributed by atoms with Crippen molar-refractivity contribution < 1.29 is 19.1 Å². The molecule has 0 unspecified atom stereocenters. The van der Waals surface area contributed by atoms with Crippen molar-refractivity contribution in [2.75, 3.05) is 19.0 Å². The van der Waals surface area contributed by atoms with E-state index in [1.54, 1.807) is 19.9 Å². The van der Waals surface area contributed by atoms with Gasteiger partial charge >= 0.3 is 11.9 Å². The Morgan fingerprint density at radius 2 is 1.94 bits per heavy atom. The summed E-state index contributed by atoms with van der Waals surface area (Å²) in [6.07, 6.45) is 0.